The quantitative estimate of drug-likeness (QED) is 0.0868. The molecule has 0 aliphatic rings. The summed E-state index contributed by atoms with van der Waals surface area (Å²) in [5.41, 5.74) is 4.26. The molecule has 0 bridgehead atoms. The Hall–Kier alpha value is -2.89. The molecule has 0 saturated heterocycles. The van der Waals surface area contributed by atoms with E-state index in [-0.39, 0.29) is 5.56 Å². The molecule has 4 nitrogen and oxygen atoms in total. The Morgan fingerprint density at radius 3 is 2.24 bits per heavy atom. The maximum absolute atomic E-state index is 12.9. The Labute approximate surface area is 235 Å². The van der Waals surface area contributed by atoms with Crippen molar-refractivity contribution < 1.29 is 0 Å². The average Bonchev–Trinajstić information content (AvgIpc) is 2.95. The molecule has 0 aliphatic carbocycles. The second kappa shape index (κ2) is 15.5. The normalized spacial score (nSPS) is 11.1. The number of thioether (sulfide) groups is 1. The van der Waals surface area contributed by atoms with Crippen molar-refractivity contribution in [2.45, 2.75) is 69.5 Å². The van der Waals surface area contributed by atoms with E-state index in [1.165, 1.54) is 43.2 Å². The number of benzene rings is 2. The minimum absolute atomic E-state index is 0.131. The molecule has 0 fully saturated rings. The van der Waals surface area contributed by atoms with Gasteiger partial charge in [-0.15, -0.1) is 0 Å². The van der Waals surface area contributed by atoms with Gasteiger partial charge in [0.25, 0.3) is 5.56 Å². The summed E-state index contributed by atoms with van der Waals surface area (Å²) in [5.74, 6) is 0.977. The van der Waals surface area contributed by atoms with E-state index in [1.807, 2.05) is 42.7 Å². The van der Waals surface area contributed by atoms with Gasteiger partial charge in [0.2, 0.25) is 0 Å². The predicted molar refractivity (Wildman–Crippen MR) is 159 cm³/mol. The first kappa shape index (κ1) is 28.1. The molecule has 0 aliphatic heterocycles. The summed E-state index contributed by atoms with van der Waals surface area (Å²) in [6.07, 6.45) is 15.5. The van der Waals surface area contributed by atoms with Crippen molar-refractivity contribution in [3.8, 4) is 0 Å². The standard InChI is InChI=1S/C32H36ClN3OS/c33-30-17-15-27(16-18-30)13-6-3-1-2-4-9-22-38-32-35-31(37)29(23-28-14-10-20-34-24-28)25-36(32)21-19-26-11-7-5-8-12-26/h5,7-8,10-12,14-18,20,24-25H,1-4,6,9,13,19,21-23H2. The molecule has 0 saturated carbocycles. The second-order valence-electron chi connectivity index (χ2n) is 9.67. The zero-order chi connectivity index (χ0) is 26.4. The molecule has 0 amide bonds. The van der Waals surface area contributed by atoms with E-state index in [1.54, 1.807) is 18.0 Å². The van der Waals surface area contributed by atoms with Gasteiger partial charge in [0.15, 0.2) is 5.16 Å². The van der Waals surface area contributed by atoms with Crippen molar-refractivity contribution in [3.05, 3.63) is 123 Å². The first-order chi connectivity index (χ1) is 18.7. The van der Waals surface area contributed by atoms with Crippen LogP contribution in [0.2, 0.25) is 5.02 Å². The van der Waals surface area contributed by atoms with Gasteiger partial charge in [-0.1, -0.05) is 97.6 Å². The summed E-state index contributed by atoms with van der Waals surface area (Å²) < 4.78 is 2.17. The average molecular weight is 546 g/mol. The lowest BCUT2D eigenvalue weighted by molar-refractivity contribution is 0.593. The van der Waals surface area contributed by atoms with Crippen molar-refractivity contribution in [2.24, 2.45) is 0 Å². The van der Waals surface area contributed by atoms with Crippen LogP contribution in [0, 0.1) is 0 Å². The molecule has 6 heteroatoms. The van der Waals surface area contributed by atoms with Crippen LogP contribution in [-0.4, -0.2) is 20.3 Å². The molecule has 4 aromatic rings. The van der Waals surface area contributed by atoms with E-state index in [2.05, 4.69) is 50.9 Å². The van der Waals surface area contributed by atoms with Crippen LogP contribution < -0.4 is 5.56 Å². The maximum atomic E-state index is 12.9. The summed E-state index contributed by atoms with van der Waals surface area (Å²) in [6, 6.07) is 22.6. The highest BCUT2D eigenvalue weighted by molar-refractivity contribution is 7.99. The summed E-state index contributed by atoms with van der Waals surface area (Å²) >= 11 is 7.67. The highest BCUT2D eigenvalue weighted by Crippen LogP contribution is 2.20. The van der Waals surface area contributed by atoms with Crippen LogP contribution in [0.15, 0.2) is 95.3 Å². The molecular weight excluding hydrogens is 510 g/mol. The van der Waals surface area contributed by atoms with Crippen LogP contribution in [0.1, 0.15) is 60.8 Å². The number of unbranched alkanes of at least 4 members (excludes halogenated alkanes) is 5. The zero-order valence-electron chi connectivity index (χ0n) is 21.9. The fourth-order valence-corrected chi connectivity index (χ4v) is 5.60. The SMILES string of the molecule is O=c1nc(SCCCCCCCCc2ccc(Cl)cc2)n(CCc2ccccc2)cc1Cc1cccnc1. The number of aryl methyl sites for hydroxylation is 3. The topological polar surface area (TPSA) is 47.8 Å². The van der Waals surface area contributed by atoms with E-state index < -0.39 is 0 Å². The third-order valence-electron chi connectivity index (χ3n) is 6.64. The molecule has 2 heterocycles. The largest absolute Gasteiger partial charge is 0.327 e. The fraction of sp³-hybridized carbons (Fsp3) is 0.344. The fourth-order valence-electron chi connectivity index (χ4n) is 4.49. The molecule has 0 spiro atoms. The molecule has 198 valence electrons. The highest BCUT2D eigenvalue weighted by atomic mass is 35.5. The maximum Gasteiger partial charge on any atom is 0.277 e. The van der Waals surface area contributed by atoms with Crippen molar-refractivity contribution >= 4 is 23.4 Å². The second-order valence-corrected chi connectivity index (χ2v) is 11.2. The molecule has 0 radical (unpaired) electrons. The lowest BCUT2D eigenvalue weighted by Gasteiger charge is -2.14. The Balaban J connectivity index is 1.25. The van der Waals surface area contributed by atoms with E-state index in [9.17, 15) is 4.79 Å². The van der Waals surface area contributed by atoms with E-state index in [0.717, 1.165) is 47.3 Å². The first-order valence-electron chi connectivity index (χ1n) is 13.6. The Bertz CT molecular complexity index is 1290. The van der Waals surface area contributed by atoms with Crippen LogP contribution in [0.3, 0.4) is 0 Å². The molecular formula is C32H36ClN3OS. The van der Waals surface area contributed by atoms with E-state index >= 15 is 0 Å². The van der Waals surface area contributed by atoms with Gasteiger partial charge in [-0.05, 0) is 60.6 Å². The van der Waals surface area contributed by atoms with Gasteiger partial charge in [0.05, 0.1) is 0 Å². The lowest BCUT2D eigenvalue weighted by Crippen LogP contribution is -2.20. The summed E-state index contributed by atoms with van der Waals surface area (Å²) in [5, 5.41) is 1.62. The van der Waals surface area contributed by atoms with Gasteiger partial charge >= 0.3 is 0 Å². The van der Waals surface area contributed by atoms with Gasteiger partial charge in [-0.2, -0.15) is 4.98 Å². The Morgan fingerprint density at radius 2 is 1.47 bits per heavy atom. The van der Waals surface area contributed by atoms with Crippen LogP contribution in [0.25, 0.3) is 0 Å². The minimum atomic E-state index is -0.131. The summed E-state index contributed by atoms with van der Waals surface area (Å²) in [7, 11) is 0. The molecule has 0 atom stereocenters. The van der Waals surface area contributed by atoms with Crippen molar-refractivity contribution in [2.75, 3.05) is 5.75 Å². The van der Waals surface area contributed by atoms with Crippen molar-refractivity contribution in [1.29, 1.82) is 0 Å². The number of pyridine rings is 1. The molecule has 0 unspecified atom stereocenters. The Kier molecular flexibility index (Phi) is 11.5. The van der Waals surface area contributed by atoms with Gasteiger partial charge in [0.1, 0.15) is 0 Å². The zero-order valence-corrected chi connectivity index (χ0v) is 23.5. The van der Waals surface area contributed by atoms with Gasteiger partial charge in [-0.3, -0.25) is 9.78 Å². The minimum Gasteiger partial charge on any atom is -0.327 e. The van der Waals surface area contributed by atoms with Gasteiger partial charge < -0.3 is 4.57 Å². The van der Waals surface area contributed by atoms with Crippen LogP contribution in [0.4, 0.5) is 0 Å². The molecule has 0 N–H and O–H groups in total. The first-order valence-corrected chi connectivity index (χ1v) is 14.9. The van der Waals surface area contributed by atoms with Crippen molar-refractivity contribution in [3.63, 3.8) is 0 Å². The van der Waals surface area contributed by atoms with Crippen molar-refractivity contribution in [1.82, 2.24) is 14.5 Å². The lowest BCUT2D eigenvalue weighted by atomic mass is 10.1. The van der Waals surface area contributed by atoms with Crippen LogP contribution in [-0.2, 0) is 25.8 Å². The monoisotopic (exact) mass is 545 g/mol. The van der Waals surface area contributed by atoms with Gasteiger partial charge in [-0.25, -0.2) is 0 Å². The Morgan fingerprint density at radius 1 is 0.763 bits per heavy atom. The summed E-state index contributed by atoms with van der Waals surface area (Å²) in [6.45, 7) is 0.799. The summed E-state index contributed by atoms with van der Waals surface area (Å²) in [4.78, 5) is 21.6. The van der Waals surface area contributed by atoms with Gasteiger partial charge in [0, 0.05) is 47.9 Å². The number of hydrogen-bond donors (Lipinski definition) is 0. The van der Waals surface area contributed by atoms with Crippen LogP contribution in [0.5, 0.6) is 0 Å². The number of halogens is 1. The number of hydrogen-bond acceptors (Lipinski definition) is 4. The molecule has 38 heavy (non-hydrogen) atoms. The third-order valence-corrected chi connectivity index (χ3v) is 7.96. The number of nitrogens with zero attached hydrogens (tertiary/aromatic N) is 3. The highest BCUT2D eigenvalue weighted by Gasteiger charge is 2.11. The molecule has 4 rings (SSSR count). The predicted octanol–water partition coefficient (Wildman–Crippen LogP) is 7.80. The molecule has 2 aromatic carbocycles. The van der Waals surface area contributed by atoms with Crippen LogP contribution >= 0.6 is 23.4 Å². The number of rotatable bonds is 15. The van der Waals surface area contributed by atoms with E-state index in [4.69, 9.17) is 11.6 Å². The molecule has 2 aromatic heterocycles. The van der Waals surface area contributed by atoms with E-state index in [0.29, 0.717) is 12.0 Å². The third kappa shape index (κ3) is 9.45. The smallest absolute Gasteiger partial charge is 0.277 e. The number of aromatic nitrogens is 3.